The predicted octanol–water partition coefficient (Wildman–Crippen LogP) is 3.71. The summed E-state index contributed by atoms with van der Waals surface area (Å²) in [5.41, 5.74) is -1.16. The molecule has 0 saturated carbocycles. The SMILES string of the molecule is N#Cc1ccc2[nH]cc(Cl)c2c1C(F)(F)F. The van der Waals surface area contributed by atoms with Crippen molar-refractivity contribution in [3.05, 3.63) is 34.5 Å². The van der Waals surface area contributed by atoms with Gasteiger partial charge in [-0.15, -0.1) is 0 Å². The molecule has 0 radical (unpaired) electrons. The maximum Gasteiger partial charge on any atom is 0.418 e. The molecule has 1 aromatic carbocycles. The Kier molecular flexibility index (Phi) is 2.32. The van der Waals surface area contributed by atoms with Crippen molar-refractivity contribution in [2.75, 3.05) is 0 Å². The van der Waals surface area contributed by atoms with Gasteiger partial charge in [-0.25, -0.2) is 0 Å². The van der Waals surface area contributed by atoms with Gasteiger partial charge in [0, 0.05) is 17.1 Å². The number of nitrogens with one attached hydrogen (secondary N) is 1. The minimum absolute atomic E-state index is 0.0422. The molecule has 2 rings (SSSR count). The Labute approximate surface area is 93.2 Å². The minimum Gasteiger partial charge on any atom is -0.360 e. The van der Waals surface area contributed by atoms with E-state index >= 15 is 0 Å². The van der Waals surface area contributed by atoms with Gasteiger partial charge in [0.15, 0.2) is 0 Å². The van der Waals surface area contributed by atoms with Crippen molar-refractivity contribution < 1.29 is 13.2 Å². The molecule has 0 unspecified atom stereocenters. The number of alkyl halides is 3. The Balaban J connectivity index is 2.95. The van der Waals surface area contributed by atoms with E-state index in [2.05, 4.69) is 4.98 Å². The lowest BCUT2D eigenvalue weighted by atomic mass is 10.0. The fourth-order valence-corrected chi connectivity index (χ4v) is 1.82. The summed E-state index contributed by atoms with van der Waals surface area (Å²) in [6.45, 7) is 0. The van der Waals surface area contributed by atoms with Crippen molar-refractivity contribution in [2.24, 2.45) is 0 Å². The minimum atomic E-state index is -4.60. The van der Waals surface area contributed by atoms with E-state index in [-0.39, 0.29) is 15.9 Å². The highest BCUT2D eigenvalue weighted by molar-refractivity contribution is 6.36. The molecule has 0 amide bonds. The first kappa shape index (κ1) is 10.8. The molecule has 0 saturated heterocycles. The first-order valence-electron chi connectivity index (χ1n) is 4.22. The highest BCUT2D eigenvalue weighted by atomic mass is 35.5. The number of hydrogen-bond acceptors (Lipinski definition) is 1. The maximum atomic E-state index is 12.8. The molecule has 0 aliphatic rings. The third-order valence-electron chi connectivity index (χ3n) is 2.20. The zero-order valence-electron chi connectivity index (χ0n) is 7.69. The Morgan fingerprint density at radius 2 is 2.00 bits per heavy atom. The second-order valence-electron chi connectivity index (χ2n) is 3.16. The summed E-state index contributed by atoms with van der Waals surface area (Å²) in [5, 5.41) is 8.47. The standard InChI is InChI=1S/C10H4ClF3N2/c11-6-4-16-7-2-1-5(3-15)9(8(6)7)10(12,13)14/h1-2,4,16H. The summed E-state index contributed by atoms with van der Waals surface area (Å²) in [6, 6.07) is 4.04. The molecule has 2 nitrogen and oxygen atoms in total. The number of aromatic nitrogens is 1. The molecule has 1 N–H and O–H groups in total. The third-order valence-corrected chi connectivity index (χ3v) is 2.50. The Morgan fingerprint density at radius 1 is 1.31 bits per heavy atom. The Hall–Kier alpha value is -1.67. The molecule has 0 bridgehead atoms. The van der Waals surface area contributed by atoms with Gasteiger partial charge in [0.25, 0.3) is 0 Å². The van der Waals surface area contributed by atoms with Crippen LogP contribution in [0.15, 0.2) is 18.3 Å². The molecule has 0 aliphatic carbocycles. The highest BCUT2D eigenvalue weighted by Gasteiger charge is 2.36. The molecule has 2 aromatic rings. The van der Waals surface area contributed by atoms with Crippen LogP contribution in [0.25, 0.3) is 10.9 Å². The summed E-state index contributed by atoms with van der Waals surface area (Å²) in [4.78, 5) is 2.61. The smallest absolute Gasteiger partial charge is 0.360 e. The monoisotopic (exact) mass is 244 g/mol. The van der Waals surface area contributed by atoms with E-state index in [0.29, 0.717) is 0 Å². The van der Waals surface area contributed by atoms with Crippen molar-refractivity contribution in [1.29, 1.82) is 5.26 Å². The molecule has 82 valence electrons. The maximum absolute atomic E-state index is 12.8. The number of halogens is 4. The van der Waals surface area contributed by atoms with Gasteiger partial charge in [0.1, 0.15) is 0 Å². The number of benzene rings is 1. The van der Waals surface area contributed by atoms with Crippen molar-refractivity contribution in [3.63, 3.8) is 0 Å². The van der Waals surface area contributed by atoms with E-state index < -0.39 is 17.3 Å². The van der Waals surface area contributed by atoms with Crippen LogP contribution in [0.1, 0.15) is 11.1 Å². The number of rotatable bonds is 0. The van der Waals surface area contributed by atoms with E-state index in [4.69, 9.17) is 16.9 Å². The number of nitriles is 1. The van der Waals surface area contributed by atoms with Gasteiger partial charge in [-0.1, -0.05) is 11.6 Å². The lowest BCUT2D eigenvalue weighted by Crippen LogP contribution is -2.08. The lowest BCUT2D eigenvalue weighted by Gasteiger charge is -2.10. The van der Waals surface area contributed by atoms with E-state index in [0.717, 1.165) is 6.07 Å². The number of fused-ring (bicyclic) bond motifs is 1. The van der Waals surface area contributed by atoms with Crippen molar-refractivity contribution in [3.8, 4) is 6.07 Å². The van der Waals surface area contributed by atoms with Crippen LogP contribution in [0.4, 0.5) is 13.2 Å². The molecule has 1 heterocycles. The second kappa shape index (κ2) is 3.42. The molecule has 0 fully saturated rings. The summed E-state index contributed by atoms with van der Waals surface area (Å²) in [7, 11) is 0. The molecular weight excluding hydrogens is 241 g/mol. The van der Waals surface area contributed by atoms with Crippen LogP contribution in [0.3, 0.4) is 0 Å². The van der Waals surface area contributed by atoms with Gasteiger partial charge in [-0.05, 0) is 12.1 Å². The van der Waals surface area contributed by atoms with Gasteiger partial charge in [0.2, 0.25) is 0 Å². The molecule has 0 spiro atoms. The Morgan fingerprint density at radius 3 is 2.56 bits per heavy atom. The van der Waals surface area contributed by atoms with Crippen LogP contribution in [0.5, 0.6) is 0 Å². The van der Waals surface area contributed by atoms with Crippen LogP contribution in [-0.4, -0.2) is 4.98 Å². The zero-order chi connectivity index (χ0) is 11.9. The number of H-pyrrole nitrogens is 1. The topological polar surface area (TPSA) is 39.6 Å². The van der Waals surface area contributed by atoms with Crippen molar-refractivity contribution in [1.82, 2.24) is 4.98 Å². The largest absolute Gasteiger partial charge is 0.418 e. The van der Waals surface area contributed by atoms with Crippen LogP contribution in [0.2, 0.25) is 5.02 Å². The number of nitrogens with zero attached hydrogens (tertiary/aromatic N) is 1. The van der Waals surface area contributed by atoms with Crippen LogP contribution in [-0.2, 0) is 6.18 Å². The van der Waals surface area contributed by atoms with Gasteiger partial charge in [-0.2, -0.15) is 18.4 Å². The van der Waals surface area contributed by atoms with Crippen molar-refractivity contribution >= 4 is 22.5 Å². The normalized spacial score (nSPS) is 11.7. The lowest BCUT2D eigenvalue weighted by molar-refractivity contribution is -0.136. The molecular formula is C10H4ClF3N2. The third kappa shape index (κ3) is 1.51. The van der Waals surface area contributed by atoms with E-state index in [1.165, 1.54) is 18.3 Å². The predicted molar refractivity (Wildman–Crippen MR) is 53.0 cm³/mol. The van der Waals surface area contributed by atoms with Crippen LogP contribution in [0, 0.1) is 11.3 Å². The summed E-state index contributed by atoms with van der Waals surface area (Å²) >= 11 is 5.67. The molecule has 6 heteroatoms. The zero-order valence-corrected chi connectivity index (χ0v) is 8.45. The highest BCUT2D eigenvalue weighted by Crippen LogP contribution is 2.39. The molecule has 1 aromatic heterocycles. The first-order chi connectivity index (χ1) is 7.45. The van der Waals surface area contributed by atoms with Gasteiger partial charge in [0.05, 0.1) is 22.2 Å². The number of hydrogen-bond donors (Lipinski definition) is 1. The van der Waals surface area contributed by atoms with Crippen LogP contribution >= 0.6 is 11.6 Å². The summed E-state index contributed by atoms with van der Waals surface area (Å²) < 4.78 is 38.4. The summed E-state index contributed by atoms with van der Waals surface area (Å²) in [6.07, 6.45) is -3.33. The van der Waals surface area contributed by atoms with E-state index in [1.54, 1.807) is 0 Å². The molecule has 0 aliphatic heterocycles. The summed E-state index contributed by atoms with van der Waals surface area (Å²) in [5.74, 6) is 0. The van der Waals surface area contributed by atoms with Crippen LogP contribution < -0.4 is 0 Å². The van der Waals surface area contributed by atoms with Gasteiger partial charge >= 0.3 is 6.18 Å². The first-order valence-corrected chi connectivity index (χ1v) is 4.60. The quantitative estimate of drug-likeness (QED) is 0.754. The van der Waals surface area contributed by atoms with Gasteiger partial charge < -0.3 is 4.98 Å². The Bertz CT molecular complexity index is 592. The second-order valence-corrected chi connectivity index (χ2v) is 3.56. The molecule has 16 heavy (non-hydrogen) atoms. The van der Waals surface area contributed by atoms with E-state index in [1.807, 2.05) is 0 Å². The van der Waals surface area contributed by atoms with Gasteiger partial charge in [-0.3, -0.25) is 0 Å². The van der Waals surface area contributed by atoms with Crippen molar-refractivity contribution in [2.45, 2.75) is 6.18 Å². The fraction of sp³-hybridized carbons (Fsp3) is 0.100. The molecule has 0 atom stereocenters. The number of aromatic amines is 1. The average molecular weight is 245 g/mol. The average Bonchev–Trinajstić information content (AvgIpc) is 2.58. The fourth-order valence-electron chi connectivity index (χ4n) is 1.57. The van der Waals surface area contributed by atoms with E-state index in [9.17, 15) is 13.2 Å².